The molecular formula is C8H14N2O2S. The molecule has 0 saturated carbocycles. The van der Waals surface area contributed by atoms with Gasteiger partial charge in [-0.25, -0.2) is 9.79 Å². The van der Waals surface area contributed by atoms with E-state index in [0.717, 1.165) is 0 Å². The number of hydrogen-bond donors (Lipinski definition) is 1. The molecule has 0 fully saturated rings. The predicted molar refractivity (Wildman–Crippen MR) is 53.9 cm³/mol. The zero-order chi connectivity index (χ0) is 10.5. The lowest BCUT2D eigenvalue weighted by Crippen LogP contribution is -2.36. The molecular weight excluding hydrogens is 188 g/mol. The highest BCUT2D eigenvalue weighted by molar-refractivity contribution is 7.78. The Morgan fingerprint density at radius 2 is 2.15 bits per heavy atom. The Balaban J connectivity index is 3.95. The van der Waals surface area contributed by atoms with E-state index in [1.54, 1.807) is 27.7 Å². The van der Waals surface area contributed by atoms with Gasteiger partial charge in [0.05, 0.1) is 5.16 Å². The number of rotatable bonds is 2. The zero-order valence-electron chi connectivity index (χ0n) is 8.25. The first-order chi connectivity index (χ1) is 5.85. The lowest BCUT2D eigenvalue weighted by atomic mass is 10.2. The fourth-order valence-electron chi connectivity index (χ4n) is 0.589. The number of nitrogens with zero attached hydrogens (tertiary/aromatic N) is 1. The maximum absolute atomic E-state index is 11.1. The second-order valence-electron chi connectivity index (χ2n) is 3.54. The molecule has 0 radical (unpaired) electrons. The number of thiocarbonyl (C=S) groups is 1. The van der Waals surface area contributed by atoms with Crippen molar-refractivity contribution in [3.63, 3.8) is 0 Å². The fourth-order valence-corrected chi connectivity index (χ4v) is 0.748. The minimum Gasteiger partial charge on any atom is -0.444 e. The third kappa shape index (κ3) is 7.43. The molecule has 13 heavy (non-hydrogen) atoms. The van der Waals surface area contributed by atoms with E-state index >= 15 is 0 Å². The Kier molecular flexibility index (Phi) is 4.59. The molecule has 0 saturated heterocycles. The van der Waals surface area contributed by atoms with Crippen LogP contribution >= 0.6 is 12.2 Å². The second kappa shape index (κ2) is 4.94. The number of nitrogens with one attached hydrogen (secondary N) is 1. The number of alkyl carbamates (subject to hydrolysis) is 1. The van der Waals surface area contributed by atoms with Crippen molar-refractivity contribution in [3.8, 4) is 0 Å². The predicted octanol–water partition coefficient (Wildman–Crippen LogP) is 1.96. The van der Waals surface area contributed by atoms with Crippen LogP contribution in [0, 0.1) is 0 Å². The van der Waals surface area contributed by atoms with Crippen LogP contribution in [0.1, 0.15) is 27.7 Å². The minimum atomic E-state index is -0.506. The Morgan fingerprint density at radius 3 is 2.54 bits per heavy atom. The first-order valence-electron chi connectivity index (χ1n) is 3.91. The molecule has 0 heterocycles. The molecule has 5 heteroatoms. The van der Waals surface area contributed by atoms with Crippen molar-refractivity contribution in [1.82, 2.24) is 5.32 Å². The van der Waals surface area contributed by atoms with Gasteiger partial charge in [-0.3, -0.25) is 5.32 Å². The van der Waals surface area contributed by atoms with Crippen molar-refractivity contribution in [2.45, 2.75) is 39.5 Å². The first-order valence-corrected chi connectivity index (χ1v) is 4.32. The van der Waals surface area contributed by atoms with Gasteiger partial charge in [-0.05, 0) is 39.9 Å². The van der Waals surface area contributed by atoms with E-state index in [1.165, 1.54) is 0 Å². The van der Waals surface area contributed by atoms with Gasteiger partial charge in [0.25, 0.3) is 0 Å². The Bertz CT molecular complexity index is 229. The molecule has 0 bridgehead atoms. The number of amides is 1. The van der Waals surface area contributed by atoms with Gasteiger partial charge < -0.3 is 4.74 Å². The number of isothiocyanates is 1. The Labute approximate surface area is 83.4 Å². The Hall–Kier alpha value is -0.930. The SMILES string of the molecule is CC(N=C=S)NC(=O)OC(C)(C)C. The van der Waals surface area contributed by atoms with Crippen LogP contribution in [0.2, 0.25) is 0 Å². The Morgan fingerprint density at radius 1 is 1.62 bits per heavy atom. The van der Waals surface area contributed by atoms with E-state index in [-0.39, 0.29) is 0 Å². The average Bonchev–Trinajstić information content (AvgIpc) is 1.81. The van der Waals surface area contributed by atoms with Gasteiger partial charge in [0, 0.05) is 0 Å². The van der Waals surface area contributed by atoms with Crippen molar-refractivity contribution in [3.05, 3.63) is 0 Å². The molecule has 0 aromatic carbocycles. The van der Waals surface area contributed by atoms with Crippen LogP contribution in [-0.2, 0) is 4.74 Å². The minimum absolute atomic E-state index is 0.396. The molecule has 0 aliphatic rings. The highest BCUT2D eigenvalue weighted by Crippen LogP contribution is 2.06. The highest BCUT2D eigenvalue weighted by Gasteiger charge is 2.16. The molecule has 74 valence electrons. The van der Waals surface area contributed by atoms with Gasteiger partial charge in [0.15, 0.2) is 0 Å². The van der Waals surface area contributed by atoms with Crippen LogP contribution in [0.4, 0.5) is 4.79 Å². The van der Waals surface area contributed by atoms with Crippen molar-refractivity contribution < 1.29 is 9.53 Å². The van der Waals surface area contributed by atoms with Gasteiger partial charge >= 0.3 is 6.09 Å². The van der Waals surface area contributed by atoms with Crippen LogP contribution < -0.4 is 5.32 Å². The highest BCUT2D eigenvalue weighted by atomic mass is 32.1. The van der Waals surface area contributed by atoms with Crippen LogP contribution in [0.3, 0.4) is 0 Å². The van der Waals surface area contributed by atoms with Crippen molar-refractivity contribution >= 4 is 23.5 Å². The molecule has 0 aromatic heterocycles. The summed E-state index contributed by atoms with van der Waals surface area (Å²) >= 11 is 4.38. The molecule has 1 atom stereocenters. The number of ether oxygens (including phenoxy) is 1. The largest absolute Gasteiger partial charge is 0.444 e. The summed E-state index contributed by atoms with van der Waals surface area (Å²) < 4.78 is 4.98. The molecule has 4 nitrogen and oxygen atoms in total. The smallest absolute Gasteiger partial charge is 0.409 e. The van der Waals surface area contributed by atoms with E-state index < -0.39 is 17.9 Å². The fraction of sp³-hybridized carbons (Fsp3) is 0.750. The van der Waals surface area contributed by atoms with E-state index in [9.17, 15) is 4.79 Å². The van der Waals surface area contributed by atoms with E-state index in [0.29, 0.717) is 0 Å². The van der Waals surface area contributed by atoms with Crippen LogP contribution in [0.5, 0.6) is 0 Å². The topological polar surface area (TPSA) is 50.7 Å². The van der Waals surface area contributed by atoms with Gasteiger partial charge in [-0.15, -0.1) is 0 Å². The maximum atomic E-state index is 11.1. The number of carbonyl (C=O) groups is 1. The first kappa shape index (κ1) is 12.1. The molecule has 1 amide bonds. The van der Waals surface area contributed by atoms with E-state index in [4.69, 9.17) is 4.74 Å². The maximum Gasteiger partial charge on any atom is 0.409 e. The van der Waals surface area contributed by atoms with Gasteiger partial charge in [-0.2, -0.15) is 0 Å². The molecule has 1 N–H and O–H groups in total. The van der Waals surface area contributed by atoms with Gasteiger partial charge in [0.1, 0.15) is 11.8 Å². The molecule has 1 unspecified atom stereocenters. The average molecular weight is 202 g/mol. The molecule has 0 spiro atoms. The zero-order valence-corrected chi connectivity index (χ0v) is 9.07. The van der Waals surface area contributed by atoms with Crippen LogP contribution in [-0.4, -0.2) is 23.0 Å². The van der Waals surface area contributed by atoms with Gasteiger partial charge in [0.2, 0.25) is 0 Å². The van der Waals surface area contributed by atoms with E-state index in [1.807, 2.05) is 0 Å². The third-order valence-corrected chi connectivity index (χ3v) is 1.08. The molecule has 0 aliphatic carbocycles. The summed E-state index contributed by atoms with van der Waals surface area (Å²) in [5.74, 6) is 0. The normalized spacial score (nSPS) is 12.6. The number of hydrogen-bond acceptors (Lipinski definition) is 4. The molecule has 0 rings (SSSR count). The van der Waals surface area contributed by atoms with Crippen molar-refractivity contribution in [2.75, 3.05) is 0 Å². The summed E-state index contributed by atoms with van der Waals surface area (Å²) in [5.41, 5.74) is -0.495. The third-order valence-electron chi connectivity index (χ3n) is 0.972. The summed E-state index contributed by atoms with van der Waals surface area (Å²) in [6.07, 6.45) is -0.902. The quantitative estimate of drug-likeness (QED) is 0.550. The lowest BCUT2D eigenvalue weighted by molar-refractivity contribution is 0.0511. The van der Waals surface area contributed by atoms with Crippen LogP contribution in [0.15, 0.2) is 4.99 Å². The van der Waals surface area contributed by atoms with Crippen molar-refractivity contribution in [2.24, 2.45) is 4.99 Å². The summed E-state index contributed by atoms with van der Waals surface area (Å²) in [7, 11) is 0. The summed E-state index contributed by atoms with van der Waals surface area (Å²) in [6.45, 7) is 7.06. The van der Waals surface area contributed by atoms with Crippen molar-refractivity contribution in [1.29, 1.82) is 0 Å². The van der Waals surface area contributed by atoms with Crippen LogP contribution in [0.25, 0.3) is 0 Å². The standard InChI is InChI=1S/C8H14N2O2S/c1-6(9-5-13)10-7(11)12-8(2,3)4/h6H,1-4H3,(H,10,11). The second-order valence-corrected chi connectivity index (χ2v) is 3.73. The number of aliphatic imine (C=N–C) groups is 1. The van der Waals surface area contributed by atoms with E-state index in [2.05, 4.69) is 27.7 Å². The monoisotopic (exact) mass is 202 g/mol. The summed E-state index contributed by atoms with van der Waals surface area (Å²) in [6, 6.07) is 0. The summed E-state index contributed by atoms with van der Waals surface area (Å²) in [5, 5.41) is 4.65. The summed E-state index contributed by atoms with van der Waals surface area (Å²) in [4.78, 5) is 14.7. The lowest BCUT2D eigenvalue weighted by Gasteiger charge is -2.20. The van der Waals surface area contributed by atoms with Gasteiger partial charge in [-0.1, -0.05) is 0 Å². The number of carbonyl (C=O) groups excluding carboxylic acids is 1. The molecule has 0 aliphatic heterocycles. The molecule has 0 aromatic rings.